The third-order valence-corrected chi connectivity index (χ3v) is 12.9. The van der Waals surface area contributed by atoms with Gasteiger partial charge in [0.15, 0.2) is 0 Å². The van der Waals surface area contributed by atoms with Crippen LogP contribution in [0.15, 0.2) is 11.6 Å². The molecule has 244 valence electrons. The lowest BCUT2D eigenvalue weighted by molar-refractivity contribution is -0.153. The van der Waals surface area contributed by atoms with Gasteiger partial charge in [-0.05, 0) is 104 Å². The van der Waals surface area contributed by atoms with Crippen LogP contribution in [0.5, 0.6) is 0 Å². The van der Waals surface area contributed by atoms with Crippen LogP contribution in [-0.4, -0.2) is 62.3 Å². The zero-order chi connectivity index (χ0) is 30.6. The Morgan fingerprint density at radius 2 is 1.81 bits per heavy atom. The molecule has 4 fully saturated rings. The zero-order valence-corrected chi connectivity index (χ0v) is 28.1. The number of hydrogen-bond acceptors (Lipinski definition) is 5. The molecule has 43 heavy (non-hydrogen) atoms. The van der Waals surface area contributed by atoms with Crippen molar-refractivity contribution < 1.29 is 19.1 Å². The molecule has 6 heteroatoms. The van der Waals surface area contributed by atoms with Crippen molar-refractivity contribution in [2.45, 2.75) is 124 Å². The van der Waals surface area contributed by atoms with Gasteiger partial charge in [0, 0.05) is 26.1 Å². The van der Waals surface area contributed by atoms with Crippen molar-refractivity contribution in [1.29, 1.82) is 0 Å². The minimum Gasteiger partial charge on any atom is -0.462 e. The van der Waals surface area contributed by atoms with E-state index in [-0.39, 0.29) is 29.8 Å². The largest absolute Gasteiger partial charge is 0.462 e. The Morgan fingerprint density at radius 1 is 1.02 bits per heavy atom. The van der Waals surface area contributed by atoms with Gasteiger partial charge in [-0.3, -0.25) is 14.5 Å². The lowest BCUT2D eigenvalue weighted by Gasteiger charge is -2.58. The number of ether oxygens (including phenoxy) is 2. The van der Waals surface area contributed by atoms with Crippen LogP contribution in [0.2, 0.25) is 0 Å². The summed E-state index contributed by atoms with van der Waals surface area (Å²) in [6, 6.07) is 0. The van der Waals surface area contributed by atoms with Crippen molar-refractivity contribution >= 4 is 11.9 Å². The highest BCUT2D eigenvalue weighted by molar-refractivity contribution is 5.94. The van der Waals surface area contributed by atoms with E-state index in [1.54, 1.807) is 0 Å². The van der Waals surface area contributed by atoms with Crippen LogP contribution < -0.4 is 5.32 Å². The van der Waals surface area contributed by atoms with Gasteiger partial charge in [-0.25, -0.2) is 0 Å². The molecule has 3 saturated carbocycles. The van der Waals surface area contributed by atoms with Crippen LogP contribution in [-0.2, 0) is 19.1 Å². The summed E-state index contributed by atoms with van der Waals surface area (Å²) in [6.45, 7) is 17.5. The molecule has 1 heterocycles. The summed E-state index contributed by atoms with van der Waals surface area (Å²) < 4.78 is 11.3. The molecule has 0 bridgehead atoms. The molecule has 1 N–H and O–H groups in total. The van der Waals surface area contributed by atoms with Gasteiger partial charge in [-0.15, -0.1) is 0 Å². The highest BCUT2D eigenvalue weighted by Gasteiger charge is 2.59. The van der Waals surface area contributed by atoms with E-state index in [0.29, 0.717) is 12.0 Å². The summed E-state index contributed by atoms with van der Waals surface area (Å²) >= 11 is 0. The van der Waals surface area contributed by atoms with Crippen LogP contribution in [0.25, 0.3) is 0 Å². The van der Waals surface area contributed by atoms with Crippen molar-refractivity contribution in [2.24, 2.45) is 46.3 Å². The smallest absolute Gasteiger partial charge is 0.315 e. The lowest BCUT2D eigenvalue weighted by Crippen LogP contribution is -2.51. The number of hydrogen-bond donors (Lipinski definition) is 1. The Labute approximate surface area is 262 Å². The minimum absolute atomic E-state index is 0.0890. The maximum Gasteiger partial charge on any atom is 0.315 e. The van der Waals surface area contributed by atoms with Crippen LogP contribution in [0.3, 0.4) is 0 Å². The van der Waals surface area contributed by atoms with Crippen molar-refractivity contribution in [2.75, 3.05) is 39.4 Å². The number of allylic oxidation sites excluding steroid dienone is 1. The Morgan fingerprint density at radius 3 is 2.58 bits per heavy atom. The molecule has 0 aromatic rings. The molecule has 0 radical (unpaired) electrons. The van der Waals surface area contributed by atoms with Crippen LogP contribution in [0, 0.1) is 46.3 Å². The number of esters is 1. The molecule has 0 spiro atoms. The van der Waals surface area contributed by atoms with E-state index in [1.807, 2.05) is 0 Å². The standard InChI is InChI=1S/C37H62N2O4/c1-26(2)8-6-9-27(3)31-12-13-32-30-11-10-28-24-29(14-16-36(28,4)33(30)15-17-37(31,32)5)43-35(41)25-34(40)38-18-7-19-39-20-22-42-23-21-39/h10,26-27,29-33H,6-9,11-25H2,1-5H3,(H,38,40)/t27-,29+,30?,31?,32+,33?,36+,37-/m1/s1. The lowest BCUT2D eigenvalue weighted by atomic mass is 9.47. The van der Waals surface area contributed by atoms with Crippen LogP contribution in [0.4, 0.5) is 0 Å². The first-order valence-electron chi connectivity index (χ1n) is 18.1. The Kier molecular flexibility index (Phi) is 11.0. The molecule has 4 aliphatic carbocycles. The Balaban J connectivity index is 1.09. The van der Waals surface area contributed by atoms with E-state index in [2.05, 4.69) is 50.9 Å². The summed E-state index contributed by atoms with van der Waals surface area (Å²) in [5.41, 5.74) is 2.28. The SMILES string of the molecule is CC(C)CCC[C@@H](C)C1CC[C@H]2C3CC=C4C[C@@H](OC(=O)CC(=O)NCCCN5CCOCC5)CC[C@]4(C)C3CC[C@]12C. The molecule has 1 aliphatic heterocycles. The van der Waals surface area contributed by atoms with Gasteiger partial charge in [0.1, 0.15) is 12.5 Å². The quantitative estimate of drug-likeness (QED) is 0.112. The monoisotopic (exact) mass is 598 g/mol. The maximum absolute atomic E-state index is 12.7. The molecule has 5 aliphatic rings. The Hall–Kier alpha value is -1.40. The number of fused-ring (bicyclic) bond motifs is 5. The number of amides is 1. The molecule has 5 rings (SSSR count). The molecule has 0 aromatic heterocycles. The van der Waals surface area contributed by atoms with Gasteiger partial charge in [-0.1, -0.05) is 65.5 Å². The van der Waals surface area contributed by atoms with Crippen molar-refractivity contribution in [3.05, 3.63) is 11.6 Å². The second-order valence-corrected chi connectivity index (χ2v) is 16.0. The van der Waals surface area contributed by atoms with Gasteiger partial charge in [0.25, 0.3) is 0 Å². The first-order valence-corrected chi connectivity index (χ1v) is 18.1. The fourth-order valence-electron chi connectivity index (χ4n) is 10.5. The summed E-state index contributed by atoms with van der Waals surface area (Å²) in [7, 11) is 0. The first kappa shape index (κ1) is 33.0. The molecular weight excluding hydrogens is 536 g/mol. The number of morpholine rings is 1. The highest BCUT2D eigenvalue weighted by Crippen LogP contribution is 2.67. The summed E-state index contributed by atoms with van der Waals surface area (Å²) in [5.74, 6) is 4.40. The summed E-state index contributed by atoms with van der Waals surface area (Å²) in [6.07, 6.45) is 17.0. The molecule has 1 amide bonds. The van der Waals surface area contributed by atoms with Gasteiger partial charge < -0.3 is 14.8 Å². The number of carbonyl (C=O) groups excluding carboxylic acids is 2. The number of nitrogens with zero attached hydrogens (tertiary/aromatic N) is 1. The van der Waals surface area contributed by atoms with E-state index in [4.69, 9.17) is 9.47 Å². The second kappa shape index (κ2) is 14.4. The topological polar surface area (TPSA) is 67.9 Å². The fourth-order valence-corrected chi connectivity index (χ4v) is 10.5. The third-order valence-electron chi connectivity index (χ3n) is 12.9. The van der Waals surface area contributed by atoms with E-state index >= 15 is 0 Å². The molecular formula is C37H62N2O4. The number of carbonyl (C=O) groups is 2. The molecule has 8 atom stereocenters. The average Bonchev–Trinajstić information content (AvgIpc) is 3.33. The highest BCUT2D eigenvalue weighted by atomic mass is 16.5. The second-order valence-electron chi connectivity index (χ2n) is 16.0. The Bertz CT molecular complexity index is 989. The van der Waals surface area contributed by atoms with Gasteiger partial charge in [0.2, 0.25) is 5.91 Å². The van der Waals surface area contributed by atoms with E-state index < -0.39 is 0 Å². The van der Waals surface area contributed by atoms with Gasteiger partial charge in [-0.2, -0.15) is 0 Å². The predicted octanol–water partition coefficient (Wildman–Crippen LogP) is 7.17. The average molecular weight is 599 g/mol. The zero-order valence-electron chi connectivity index (χ0n) is 28.1. The fraction of sp³-hybridized carbons (Fsp3) is 0.892. The molecule has 6 nitrogen and oxygen atoms in total. The van der Waals surface area contributed by atoms with Crippen LogP contribution >= 0.6 is 0 Å². The van der Waals surface area contributed by atoms with Crippen molar-refractivity contribution in [3.63, 3.8) is 0 Å². The minimum atomic E-state index is -0.374. The predicted molar refractivity (Wildman–Crippen MR) is 172 cm³/mol. The normalized spacial score (nSPS) is 36.7. The van der Waals surface area contributed by atoms with Crippen molar-refractivity contribution in [3.8, 4) is 0 Å². The van der Waals surface area contributed by atoms with E-state index in [9.17, 15) is 9.59 Å². The molecule has 1 saturated heterocycles. The number of nitrogens with one attached hydrogen (secondary N) is 1. The summed E-state index contributed by atoms with van der Waals surface area (Å²) in [5, 5.41) is 2.91. The summed E-state index contributed by atoms with van der Waals surface area (Å²) in [4.78, 5) is 27.4. The maximum atomic E-state index is 12.7. The first-order chi connectivity index (χ1) is 20.6. The van der Waals surface area contributed by atoms with Gasteiger partial charge in [0.05, 0.1) is 13.2 Å². The molecule has 0 aromatic carbocycles. The van der Waals surface area contributed by atoms with Crippen LogP contribution in [0.1, 0.15) is 118 Å². The number of rotatable bonds is 12. The third kappa shape index (κ3) is 7.54. The van der Waals surface area contributed by atoms with Crippen molar-refractivity contribution in [1.82, 2.24) is 10.2 Å². The van der Waals surface area contributed by atoms with E-state index in [1.165, 1.54) is 56.9 Å². The van der Waals surface area contributed by atoms with E-state index in [0.717, 1.165) is 94.0 Å². The van der Waals surface area contributed by atoms with Gasteiger partial charge >= 0.3 is 5.97 Å². The molecule has 3 unspecified atom stereocenters.